The zero-order valence-electron chi connectivity index (χ0n) is 15.3. The van der Waals surface area contributed by atoms with Crippen LogP contribution in [0.5, 0.6) is 11.5 Å². The third-order valence-electron chi connectivity index (χ3n) is 4.01. The van der Waals surface area contributed by atoms with E-state index in [2.05, 4.69) is 17.4 Å². The fourth-order valence-corrected chi connectivity index (χ4v) is 2.70. The predicted octanol–water partition coefficient (Wildman–Crippen LogP) is 4.20. The van der Waals surface area contributed by atoms with Crippen LogP contribution >= 0.6 is 0 Å². The average molecular weight is 372 g/mol. The quantitative estimate of drug-likeness (QED) is 0.643. The Hall–Kier alpha value is -3.78. The largest absolute Gasteiger partial charge is 0.483 e. The molecule has 0 saturated carbocycles. The number of nitriles is 1. The highest BCUT2D eigenvalue weighted by Crippen LogP contribution is 2.21. The summed E-state index contributed by atoms with van der Waals surface area (Å²) in [7, 11) is 0. The molecule has 0 bridgehead atoms. The molecule has 0 fully saturated rings. The molecule has 0 atom stereocenters. The molecule has 1 amide bonds. The highest BCUT2D eigenvalue weighted by atomic mass is 16.5. The lowest BCUT2D eigenvalue weighted by molar-refractivity contribution is -0.118. The zero-order chi connectivity index (χ0) is 19.6. The molecule has 5 heteroatoms. The zero-order valence-corrected chi connectivity index (χ0v) is 15.3. The molecule has 28 heavy (non-hydrogen) atoms. The Morgan fingerprint density at radius 3 is 2.36 bits per heavy atom. The third-order valence-corrected chi connectivity index (χ3v) is 4.01. The Kier molecular flexibility index (Phi) is 6.64. The van der Waals surface area contributed by atoms with Crippen LogP contribution in [0.1, 0.15) is 11.1 Å². The fraction of sp³-hybridized carbons (Fsp3) is 0.130. The number of carbonyl (C=O) groups is 1. The second kappa shape index (κ2) is 9.79. The molecular formula is C23H20N2O3. The topological polar surface area (TPSA) is 71.3 Å². The van der Waals surface area contributed by atoms with Gasteiger partial charge in [0.05, 0.1) is 0 Å². The SMILES string of the molecule is N#CCOc1ccc(NC(=O)COc2ccccc2Cc2ccccc2)cc1. The summed E-state index contributed by atoms with van der Waals surface area (Å²) in [5.41, 5.74) is 2.85. The molecule has 5 nitrogen and oxygen atoms in total. The third kappa shape index (κ3) is 5.61. The number of nitrogens with one attached hydrogen (secondary N) is 1. The van der Waals surface area contributed by atoms with Gasteiger partial charge in [0.25, 0.3) is 5.91 Å². The van der Waals surface area contributed by atoms with Crippen LogP contribution in [0.25, 0.3) is 0 Å². The van der Waals surface area contributed by atoms with Gasteiger partial charge in [-0.25, -0.2) is 0 Å². The van der Waals surface area contributed by atoms with Crippen LogP contribution in [0.2, 0.25) is 0 Å². The number of benzene rings is 3. The molecule has 140 valence electrons. The van der Waals surface area contributed by atoms with E-state index in [9.17, 15) is 4.79 Å². The maximum absolute atomic E-state index is 12.2. The van der Waals surface area contributed by atoms with Crippen LogP contribution in [0.3, 0.4) is 0 Å². The van der Waals surface area contributed by atoms with Crippen molar-refractivity contribution in [1.29, 1.82) is 5.26 Å². The molecule has 0 radical (unpaired) electrons. The number of carbonyl (C=O) groups excluding carboxylic acids is 1. The van der Waals surface area contributed by atoms with Gasteiger partial charge in [-0.3, -0.25) is 4.79 Å². The van der Waals surface area contributed by atoms with Crippen LogP contribution in [-0.4, -0.2) is 19.1 Å². The van der Waals surface area contributed by atoms with E-state index in [1.165, 1.54) is 5.56 Å². The lowest BCUT2D eigenvalue weighted by atomic mass is 10.0. The number of nitrogens with zero attached hydrogens (tertiary/aromatic N) is 1. The van der Waals surface area contributed by atoms with Gasteiger partial charge in [-0.1, -0.05) is 48.5 Å². The summed E-state index contributed by atoms with van der Waals surface area (Å²) in [6.07, 6.45) is 0.739. The van der Waals surface area contributed by atoms with E-state index in [0.29, 0.717) is 17.2 Å². The van der Waals surface area contributed by atoms with E-state index < -0.39 is 0 Å². The number of para-hydroxylation sites is 1. The molecule has 3 aromatic carbocycles. The summed E-state index contributed by atoms with van der Waals surface area (Å²) < 4.78 is 10.9. The summed E-state index contributed by atoms with van der Waals surface area (Å²) in [5, 5.41) is 11.3. The van der Waals surface area contributed by atoms with Gasteiger partial charge in [0.15, 0.2) is 13.2 Å². The summed E-state index contributed by atoms with van der Waals surface area (Å²) >= 11 is 0. The average Bonchev–Trinajstić information content (AvgIpc) is 2.73. The van der Waals surface area contributed by atoms with Crippen molar-refractivity contribution < 1.29 is 14.3 Å². The molecule has 3 aromatic rings. The van der Waals surface area contributed by atoms with Crippen LogP contribution in [0.4, 0.5) is 5.69 Å². The molecule has 3 rings (SSSR count). The highest BCUT2D eigenvalue weighted by molar-refractivity contribution is 5.91. The van der Waals surface area contributed by atoms with E-state index in [1.54, 1.807) is 24.3 Å². The van der Waals surface area contributed by atoms with Gasteiger partial charge in [0, 0.05) is 12.1 Å². The molecule has 0 aromatic heterocycles. The Labute approximate surface area is 164 Å². The van der Waals surface area contributed by atoms with Gasteiger partial charge in [-0.05, 0) is 41.5 Å². The molecule has 0 spiro atoms. The van der Waals surface area contributed by atoms with Crippen molar-refractivity contribution in [2.24, 2.45) is 0 Å². The van der Waals surface area contributed by atoms with E-state index in [0.717, 1.165) is 12.0 Å². The van der Waals surface area contributed by atoms with Gasteiger partial charge < -0.3 is 14.8 Å². The maximum atomic E-state index is 12.2. The molecule has 0 saturated heterocycles. The van der Waals surface area contributed by atoms with Crippen LogP contribution in [0, 0.1) is 11.3 Å². The van der Waals surface area contributed by atoms with Crippen molar-refractivity contribution in [3.8, 4) is 17.6 Å². The van der Waals surface area contributed by atoms with Crippen molar-refractivity contribution in [3.63, 3.8) is 0 Å². The van der Waals surface area contributed by atoms with Crippen LogP contribution in [0.15, 0.2) is 78.9 Å². The lowest BCUT2D eigenvalue weighted by Gasteiger charge is -2.12. The minimum absolute atomic E-state index is 0.0120. The number of ether oxygens (including phenoxy) is 2. The minimum atomic E-state index is -0.250. The number of hydrogen-bond donors (Lipinski definition) is 1. The summed E-state index contributed by atoms with van der Waals surface area (Å²) in [6, 6.07) is 26.6. The second-order valence-corrected chi connectivity index (χ2v) is 6.08. The number of anilines is 1. The Morgan fingerprint density at radius 1 is 0.893 bits per heavy atom. The first-order valence-corrected chi connectivity index (χ1v) is 8.89. The van der Waals surface area contributed by atoms with Crippen molar-refractivity contribution in [2.75, 3.05) is 18.5 Å². The summed E-state index contributed by atoms with van der Waals surface area (Å²) in [6.45, 7) is -0.0968. The Bertz CT molecular complexity index is 948. The molecule has 0 unspecified atom stereocenters. The van der Waals surface area contributed by atoms with Crippen molar-refractivity contribution in [1.82, 2.24) is 0 Å². The van der Waals surface area contributed by atoms with Gasteiger partial charge in [0.2, 0.25) is 0 Å². The maximum Gasteiger partial charge on any atom is 0.262 e. The molecule has 0 aliphatic carbocycles. The van der Waals surface area contributed by atoms with Crippen molar-refractivity contribution >= 4 is 11.6 Å². The number of hydrogen-bond acceptors (Lipinski definition) is 4. The fourth-order valence-electron chi connectivity index (χ4n) is 2.70. The second-order valence-electron chi connectivity index (χ2n) is 6.08. The van der Waals surface area contributed by atoms with E-state index in [4.69, 9.17) is 14.7 Å². The van der Waals surface area contributed by atoms with Crippen molar-refractivity contribution in [2.45, 2.75) is 6.42 Å². The minimum Gasteiger partial charge on any atom is -0.483 e. The predicted molar refractivity (Wildman–Crippen MR) is 107 cm³/mol. The van der Waals surface area contributed by atoms with E-state index in [-0.39, 0.29) is 19.1 Å². The van der Waals surface area contributed by atoms with Gasteiger partial charge in [-0.15, -0.1) is 0 Å². The highest BCUT2D eigenvalue weighted by Gasteiger charge is 2.08. The first-order chi connectivity index (χ1) is 13.7. The smallest absolute Gasteiger partial charge is 0.262 e. The van der Waals surface area contributed by atoms with E-state index >= 15 is 0 Å². The lowest BCUT2D eigenvalue weighted by Crippen LogP contribution is -2.20. The van der Waals surface area contributed by atoms with Crippen LogP contribution < -0.4 is 14.8 Å². The standard InChI is InChI=1S/C23H20N2O3/c24-14-15-27-21-12-10-20(11-13-21)25-23(26)17-28-22-9-5-4-8-19(22)16-18-6-2-1-3-7-18/h1-13H,15-17H2,(H,25,26). The van der Waals surface area contributed by atoms with Crippen molar-refractivity contribution in [3.05, 3.63) is 90.0 Å². The number of amides is 1. The van der Waals surface area contributed by atoms with Gasteiger partial charge in [0.1, 0.15) is 17.6 Å². The molecule has 0 heterocycles. The molecule has 0 aliphatic heterocycles. The first kappa shape index (κ1) is 19.0. The Morgan fingerprint density at radius 2 is 1.61 bits per heavy atom. The summed E-state index contributed by atoms with van der Waals surface area (Å²) in [5.74, 6) is 1.02. The molecule has 1 N–H and O–H groups in total. The number of rotatable bonds is 8. The normalized spacial score (nSPS) is 9.96. The van der Waals surface area contributed by atoms with Gasteiger partial charge in [-0.2, -0.15) is 5.26 Å². The van der Waals surface area contributed by atoms with Crippen LogP contribution in [-0.2, 0) is 11.2 Å². The monoisotopic (exact) mass is 372 g/mol. The van der Waals surface area contributed by atoms with E-state index in [1.807, 2.05) is 48.5 Å². The first-order valence-electron chi connectivity index (χ1n) is 8.89. The molecule has 0 aliphatic rings. The summed E-state index contributed by atoms with van der Waals surface area (Å²) in [4.78, 5) is 12.2. The Balaban J connectivity index is 1.55. The van der Waals surface area contributed by atoms with Gasteiger partial charge >= 0.3 is 0 Å². The molecular weight excluding hydrogens is 352 g/mol.